The minimum absolute atomic E-state index is 0.125. The van der Waals surface area contributed by atoms with Crippen LogP contribution in [0.4, 0.5) is 0 Å². The second-order valence-corrected chi connectivity index (χ2v) is 3.94. The first-order valence-corrected chi connectivity index (χ1v) is 5.48. The Kier molecular flexibility index (Phi) is 4.19. The highest BCUT2D eigenvalue weighted by atomic mass is 35.5. The number of allylic oxidation sites excluding steroid dienone is 1. The van der Waals surface area contributed by atoms with Crippen molar-refractivity contribution in [3.63, 3.8) is 0 Å². The summed E-state index contributed by atoms with van der Waals surface area (Å²) in [5, 5.41) is 1.93. The van der Waals surface area contributed by atoms with Gasteiger partial charge in [0.25, 0.3) is 0 Å². The van der Waals surface area contributed by atoms with E-state index in [-0.39, 0.29) is 5.78 Å². The van der Waals surface area contributed by atoms with E-state index in [2.05, 4.69) is 0 Å². The molecule has 0 spiro atoms. The van der Waals surface area contributed by atoms with Gasteiger partial charge in [-0.25, -0.2) is 0 Å². The van der Waals surface area contributed by atoms with E-state index < -0.39 is 0 Å². The number of hydrogen-bond donors (Lipinski definition) is 0. The number of carbonyl (C=O) groups excluding carboxylic acids is 1. The van der Waals surface area contributed by atoms with Crippen LogP contribution >= 0.6 is 22.9 Å². The first-order chi connectivity index (χ1) is 6.25. The normalized spacial score (nSPS) is 10.9. The lowest BCUT2D eigenvalue weighted by atomic mass is 10.2. The molecule has 1 aromatic heterocycles. The molecule has 0 unspecified atom stereocenters. The maximum absolute atomic E-state index is 11.1. The van der Waals surface area contributed by atoms with Gasteiger partial charge in [-0.2, -0.15) is 0 Å². The summed E-state index contributed by atoms with van der Waals surface area (Å²) < 4.78 is 0. The van der Waals surface area contributed by atoms with E-state index in [0.29, 0.717) is 5.88 Å². The number of rotatable bonds is 4. The quantitative estimate of drug-likeness (QED) is 0.553. The SMILES string of the molecule is CC(=O)c1sccc1C=CCCCl. The van der Waals surface area contributed by atoms with Gasteiger partial charge in [-0.05, 0) is 30.4 Å². The molecule has 3 heteroatoms. The molecule has 0 radical (unpaired) electrons. The zero-order chi connectivity index (χ0) is 9.68. The Balaban J connectivity index is 2.76. The second-order valence-electron chi connectivity index (χ2n) is 2.64. The van der Waals surface area contributed by atoms with Gasteiger partial charge in [0.05, 0.1) is 4.88 Å². The van der Waals surface area contributed by atoms with Gasteiger partial charge in [0.1, 0.15) is 0 Å². The molecule has 1 rings (SSSR count). The number of ketones is 1. The monoisotopic (exact) mass is 214 g/mol. The summed E-state index contributed by atoms with van der Waals surface area (Å²) in [6.07, 6.45) is 4.78. The largest absolute Gasteiger partial charge is 0.294 e. The van der Waals surface area contributed by atoms with Gasteiger partial charge in [-0.1, -0.05) is 12.2 Å². The van der Waals surface area contributed by atoms with Crippen molar-refractivity contribution in [2.45, 2.75) is 13.3 Å². The molecule has 0 bridgehead atoms. The molecule has 1 nitrogen and oxygen atoms in total. The summed E-state index contributed by atoms with van der Waals surface area (Å²) >= 11 is 7.01. The van der Waals surface area contributed by atoms with Crippen LogP contribution in [0.1, 0.15) is 28.6 Å². The zero-order valence-electron chi connectivity index (χ0n) is 7.42. The number of thiophene rings is 1. The summed E-state index contributed by atoms with van der Waals surface area (Å²) in [6.45, 7) is 1.59. The maximum atomic E-state index is 11.1. The van der Waals surface area contributed by atoms with E-state index in [1.807, 2.05) is 23.6 Å². The van der Waals surface area contributed by atoms with E-state index in [9.17, 15) is 4.79 Å². The fraction of sp³-hybridized carbons (Fsp3) is 0.300. The predicted molar refractivity (Wildman–Crippen MR) is 58.7 cm³/mol. The topological polar surface area (TPSA) is 17.1 Å². The molecular weight excluding hydrogens is 204 g/mol. The van der Waals surface area contributed by atoms with Crippen LogP contribution in [0.3, 0.4) is 0 Å². The van der Waals surface area contributed by atoms with Crippen molar-refractivity contribution in [2.75, 3.05) is 5.88 Å². The van der Waals surface area contributed by atoms with Gasteiger partial charge in [0.15, 0.2) is 5.78 Å². The average Bonchev–Trinajstić information content (AvgIpc) is 2.53. The molecule has 0 atom stereocenters. The summed E-state index contributed by atoms with van der Waals surface area (Å²) in [4.78, 5) is 11.9. The Labute approximate surface area is 87.0 Å². The van der Waals surface area contributed by atoms with Gasteiger partial charge in [-0.3, -0.25) is 4.79 Å². The Morgan fingerprint density at radius 3 is 3.08 bits per heavy atom. The third kappa shape index (κ3) is 2.98. The Hall–Kier alpha value is -0.600. The van der Waals surface area contributed by atoms with Crippen molar-refractivity contribution in [2.24, 2.45) is 0 Å². The number of alkyl halides is 1. The smallest absolute Gasteiger partial charge is 0.170 e. The van der Waals surface area contributed by atoms with E-state index >= 15 is 0 Å². The summed E-state index contributed by atoms with van der Waals surface area (Å²) in [6, 6.07) is 1.95. The van der Waals surface area contributed by atoms with Crippen LogP contribution < -0.4 is 0 Å². The van der Waals surface area contributed by atoms with Crippen LogP contribution in [0.2, 0.25) is 0 Å². The number of Topliss-reactive ketones (excluding diaryl/α,β-unsaturated/α-hetero) is 1. The van der Waals surface area contributed by atoms with Crippen LogP contribution in [0, 0.1) is 0 Å². The molecule has 0 aromatic carbocycles. The highest BCUT2D eigenvalue weighted by molar-refractivity contribution is 7.12. The van der Waals surface area contributed by atoms with E-state index in [1.54, 1.807) is 6.92 Å². The highest BCUT2D eigenvalue weighted by Gasteiger charge is 2.04. The van der Waals surface area contributed by atoms with Gasteiger partial charge in [0, 0.05) is 5.88 Å². The molecule has 70 valence electrons. The lowest BCUT2D eigenvalue weighted by Crippen LogP contribution is -1.88. The standard InChI is InChI=1S/C10H11ClOS/c1-8(12)10-9(5-7-13-10)4-2-3-6-11/h2,4-5,7H,3,6H2,1H3. The van der Waals surface area contributed by atoms with Crippen LogP contribution in [0.15, 0.2) is 17.5 Å². The summed E-state index contributed by atoms with van der Waals surface area (Å²) in [5.74, 6) is 0.747. The molecule has 0 aliphatic carbocycles. The minimum Gasteiger partial charge on any atom is -0.294 e. The molecule has 0 aliphatic heterocycles. The van der Waals surface area contributed by atoms with Crippen molar-refractivity contribution in [3.8, 4) is 0 Å². The molecule has 0 fully saturated rings. The third-order valence-electron chi connectivity index (χ3n) is 1.59. The van der Waals surface area contributed by atoms with Crippen LogP contribution in [0.5, 0.6) is 0 Å². The molecular formula is C10H11ClOS. The molecule has 0 amide bonds. The fourth-order valence-corrected chi connectivity index (χ4v) is 1.92. The Morgan fingerprint density at radius 2 is 2.46 bits per heavy atom. The lowest BCUT2D eigenvalue weighted by Gasteiger charge is -1.91. The lowest BCUT2D eigenvalue weighted by molar-refractivity contribution is 0.102. The predicted octanol–water partition coefficient (Wildman–Crippen LogP) is 3.59. The number of halogens is 1. The molecule has 0 aliphatic rings. The third-order valence-corrected chi connectivity index (χ3v) is 2.84. The van der Waals surface area contributed by atoms with Crippen LogP contribution in [0.25, 0.3) is 6.08 Å². The average molecular weight is 215 g/mol. The van der Waals surface area contributed by atoms with Crippen molar-refractivity contribution in [3.05, 3.63) is 28.0 Å². The van der Waals surface area contributed by atoms with Crippen LogP contribution in [-0.2, 0) is 0 Å². The first-order valence-electron chi connectivity index (χ1n) is 4.06. The van der Waals surface area contributed by atoms with Crippen molar-refractivity contribution in [1.82, 2.24) is 0 Å². The highest BCUT2D eigenvalue weighted by Crippen LogP contribution is 2.18. The minimum atomic E-state index is 0.125. The van der Waals surface area contributed by atoms with E-state index in [4.69, 9.17) is 11.6 Å². The molecule has 0 saturated heterocycles. The van der Waals surface area contributed by atoms with Gasteiger partial charge >= 0.3 is 0 Å². The molecule has 1 heterocycles. The van der Waals surface area contributed by atoms with Gasteiger partial charge in [0.2, 0.25) is 0 Å². The van der Waals surface area contributed by atoms with Crippen molar-refractivity contribution in [1.29, 1.82) is 0 Å². The van der Waals surface area contributed by atoms with Crippen molar-refractivity contribution < 1.29 is 4.79 Å². The molecule has 1 aromatic rings. The second kappa shape index (κ2) is 5.20. The maximum Gasteiger partial charge on any atom is 0.170 e. The molecule has 13 heavy (non-hydrogen) atoms. The number of hydrogen-bond acceptors (Lipinski definition) is 2. The van der Waals surface area contributed by atoms with E-state index in [1.165, 1.54) is 11.3 Å². The first kappa shape index (κ1) is 10.5. The summed E-state index contributed by atoms with van der Waals surface area (Å²) in [5.41, 5.74) is 1.00. The van der Waals surface area contributed by atoms with E-state index in [0.717, 1.165) is 16.9 Å². The number of carbonyl (C=O) groups is 1. The van der Waals surface area contributed by atoms with Crippen molar-refractivity contribution >= 4 is 34.8 Å². The molecule has 0 saturated carbocycles. The Bertz CT molecular complexity index is 314. The van der Waals surface area contributed by atoms with Gasteiger partial charge in [-0.15, -0.1) is 22.9 Å². The Morgan fingerprint density at radius 1 is 1.69 bits per heavy atom. The van der Waals surface area contributed by atoms with Crippen LogP contribution in [-0.4, -0.2) is 11.7 Å². The fourth-order valence-electron chi connectivity index (χ4n) is 1.01. The molecule has 0 N–H and O–H groups in total. The zero-order valence-corrected chi connectivity index (χ0v) is 8.99. The van der Waals surface area contributed by atoms with Gasteiger partial charge < -0.3 is 0 Å². The summed E-state index contributed by atoms with van der Waals surface area (Å²) in [7, 11) is 0.